The number of fused-ring (bicyclic) bond motifs is 1. The molecule has 5 heteroatoms. The van der Waals surface area contributed by atoms with Crippen molar-refractivity contribution in [3.8, 4) is 0 Å². The van der Waals surface area contributed by atoms with E-state index in [9.17, 15) is 9.59 Å². The van der Waals surface area contributed by atoms with Crippen molar-refractivity contribution in [3.05, 3.63) is 28.8 Å². The van der Waals surface area contributed by atoms with E-state index in [0.29, 0.717) is 29.2 Å². The molecule has 0 atom stereocenters. The minimum Gasteiger partial charge on any atom is -0.379 e. The third-order valence-electron chi connectivity index (χ3n) is 3.44. The lowest BCUT2D eigenvalue weighted by atomic mass is 10.1. The number of rotatable bonds is 4. The second-order valence-corrected chi connectivity index (χ2v) is 5.54. The van der Waals surface area contributed by atoms with Gasteiger partial charge in [0.25, 0.3) is 11.7 Å². The van der Waals surface area contributed by atoms with E-state index in [1.165, 1.54) is 4.90 Å². The Morgan fingerprint density at radius 1 is 1.32 bits per heavy atom. The molecule has 0 aliphatic carbocycles. The van der Waals surface area contributed by atoms with Crippen molar-refractivity contribution >= 4 is 29.0 Å². The first kappa shape index (κ1) is 14.0. The van der Waals surface area contributed by atoms with Gasteiger partial charge in [-0.1, -0.05) is 17.7 Å². The summed E-state index contributed by atoms with van der Waals surface area (Å²) < 4.78 is 5.32. The van der Waals surface area contributed by atoms with Crippen molar-refractivity contribution in [2.24, 2.45) is 0 Å². The van der Waals surface area contributed by atoms with Gasteiger partial charge in [0, 0.05) is 13.7 Å². The van der Waals surface area contributed by atoms with Gasteiger partial charge in [0.05, 0.1) is 21.9 Å². The number of ketones is 1. The Balaban J connectivity index is 2.27. The van der Waals surface area contributed by atoms with Crippen molar-refractivity contribution in [1.29, 1.82) is 0 Å². The van der Waals surface area contributed by atoms with Crippen molar-refractivity contribution < 1.29 is 14.3 Å². The summed E-state index contributed by atoms with van der Waals surface area (Å²) in [6.07, 6.45) is 0.633. The number of nitrogens with zero attached hydrogens (tertiary/aromatic N) is 1. The quantitative estimate of drug-likeness (QED) is 0.797. The van der Waals surface area contributed by atoms with Crippen molar-refractivity contribution in [3.63, 3.8) is 0 Å². The van der Waals surface area contributed by atoms with E-state index in [4.69, 9.17) is 16.3 Å². The largest absolute Gasteiger partial charge is 0.379 e. The zero-order chi connectivity index (χ0) is 14.2. The van der Waals surface area contributed by atoms with Crippen LogP contribution in [0.1, 0.15) is 30.6 Å². The van der Waals surface area contributed by atoms with E-state index < -0.39 is 11.7 Å². The average Bonchev–Trinajstić information content (AvgIpc) is 2.61. The maximum atomic E-state index is 12.0. The van der Waals surface area contributed by atoms with E-state index in [1.54, 1.807) is 25.3 Å². The van der Waals surface area contributed by atoms with E-state index >= 15 is 0 Å². The molecular formula is C14H16ClNO3. The summed E-state index contributed by atoms with van der Waals surface area (Å²) in [4.78, 5) is 25.4. The molecule has 4 nitrogen and oxygen atoms in total. The van der Waals surface area contributed by atoms with Gasteiger partial charge in [-0.05, 0) is 32.4 Å². The van der Waals surface area contributed by atoms with Gasteiger partial charge in [-0.25, -0.2) is 0 Å². The number of methoxy groups -OCH3 is 1. The van der Waals surface area contributed by atoms with Crippen LogP contribution in [-0.4, -0.2) is 30.9 Å². The first-order valence-electron chi connectivity index (χ1n) is 6.07. The molecule has 0 fully saturated rings. The number of anilines is 1. The molecule has 2 rings (SSSR count). The number of hydrogen-bond acceptors (Lipinski definition) is 3. The molecule has 0 aromatic heterocycles. The standard InChI is InChI=1S/C14H16ClNO3/c1-14(2,19-3)7-8-16-10-6-4-5-9(15)11(10)12(17)13(16)18/h4-6H,7-8H2,1-3H3. The second kappa shape index (κ2) is 4.94. The third kappa shape index (κ3) is 2.51. The summed E-state index contributed by atoms with van der Waals surface area (Å²) in [5.74, 6) is -1.05. The molecule has 1 aromatic carbocycles. The Morgan fingerprint density at radius 3 is 2.63 bits per heavy atom. The molecule has 0 unspecified atom stereocenters. The average molecular weight is 282 g/mol. The van der Waals surface area contributed by atoms with Gasteiger partial charge in [-0.2, -0.15) is 0 Å². The van der Waals surface area contributed by atoms with Crippen molar-refractivity contribution in [2.45, 2.75) is 25.9 Å². The highest BCUT2D eigenvalue weighted by Gasteiger charge is 2.37. The SMILES string of the molecule is COC(C)(C)CCN1C(=O)C(=O)c2c(Cl)cccc21. The Labute approximate surface area is 117 Å². The van der Waals surface area contributed by atoms with Crippen LogP contribution in [0.3, 0.4) is 0 Å². The molecule has 0 radical (unpaired) electrons. The van der Waals surface area contributed by atoms with E-state index in [1.807, 2.05) is 13.8 Å². The highest BCUT2D eigenvalue weighted by atomic mass is 35.5. The molecule has 1 aliphatic rings. The fourth-order valence-corrected chi connectivity index (χ4v) is 2.26. The topological polar surface area (TPSA) is 46.6 Å². The van der Waals surface area contributed by atoms with Crippen LogP contribution >= 0.6 is 11.6 Å². The van der Waals surface area contributed by atoms with Crippen LogP contribution in [0.5, 0.6) is 0 Å². The number of amides is 1. The molecule has 102 valence electrons. The van der Waals surface area contributed by atoms with Gasteiger partial charge < -0.3 is 9.64 Å². The summed E-state index contributed by atoms with van der Waals surface area (Å²) in [6.45, 7) is 4.31. The third-order valence-corrected chi connectivity index (χ3v) is 3.75. The van der Waals surface area contributed by atoms with Gasteiger partial charge in [0.1, 0.15) is 0 Å². The maximum absolute atomic E-state index is 12.0. The van der Waals surface area contributed by atoms with Crippen molar-refractivity contribution in [1.82, 2.24) is 0 Å². The van der Waals surface area contributed by atoms with E-state index in [0.717, 1.165) is 0 Å². The number of benzene rings is 1. The van der Waals surface area contributed by atoms with Crippen LogP contribution in [0.4, 0.5) is 5.69 Å². The number of Topliss-reactive ketones (excluding diaryl/α,β-unsaturated/α-hetero) is 1. The number of carbonyl (C=O) groups excluding carboxylic acids is 2. The van der Waals surface area contributed by atoms with Crippen LogP contribution < -0.4 is 4.90 Å². The molecule has 1 aliphatic heterocycles. The lowest BCUT2D eigenvalue weighted by Crippen LogP contribution is -2.35. The highest BCUT2D eigenvalue weighted by molar-refractivity contribution is 6.55. The lowest BCUT2D eigenvalue weighted by molar-refractivity contribution is -0.114. The van der Waals surface area contributed by atoms with Gasteiger partial charge in [0.2, 0.25) is 0 Å². The maximum Gasteiger partial charge on any atom is 0.299 e. The predicted molar refractivity (Wildman–Crippen MR) is 73.8 cm³/mol. The molecule has 0 spiro atoms. The Hall–Kier alpha value is -1.39. The summed E-state index contributed by atoms with van der Waals surface area (Å²) >= 11 is 5.99. The summed E-state index contributed by atoms with van der Waals surface area (Å²) in [7, 11) is 1.63. The molecule has 19 heavy (non-hydrogen) atoms. The fraction of sp³-hybridized carbons (Fsp3) is 0.429. The van der Waals surface area contributed by atoms with Gasteiger partial charge >= 0.3 is 0 Å². The smallest absolute Gasteiger partial charge is 0.299 e. The molecule has 0 saturated carbocycles. The number of carbonyl (C=O) groups is 2. The lowest BCUT2D eigenvalue weighted by Gasteiger charge is -2.26. The highest BCUT2D eigenvalue weighted by Crippen LogP contribution is 2.34. The monoisotopic (exact) mass is 281 g/mol. The van der Waals surface area contributed by atoms with Crippen LogP contribution in [0.25, 0.3) is 0 Å². The normalized spacial score (nSPS) is 15.1. The molecule has 1 aromatic rings. The van der Waals surface area contributed by atoms with E-state index in [2.05, 4.69) is 0 Å². The van der Waals surface area contributed by atoms with Crippen LogP contribution in [0, 0.1) is 0 Å². The molecule has 0 N–H and O–H groups in total. The van der Waals surface area contributed by atoms with E-state index in [-0.39, 0.29) is 5.60 Å². The molecular weight excluding hydrogens is 266 g/mol. The first-order valence-corrected chi connectivity index (χ1v) is 6.45. The van der Waals surface area contributed by atoms with Gasteiger partial charge in [-0.3, -0.25) is 9.59 Å². The Kier molecular flexibility index (Phi) is 3.65. The Bertz CT molecular complexity index is 539. The predicted octanol–water partition coefficient (Wildman–Crippen LogP) is 2.68. The molecule has 1 amide bonds. The van der Waals surface area contributed by atoms with Gasteiger partial charge in [-0.15, -0.1) is 0 Å². The van der Waals surface area contributed by atoms with Gasteiger partial charge in [0.15, 0.2) is 0 Å². The fourth-order valence-electron chi connectivity index (χ4n) is 2.01. The first-order chi connectivity index (χ1) is 8.87. The Morgan fingerprint density at radius 2 is 2.00 bits per heavy atom. The van der Waals surface area contributed by atoms with Crippen LogP contribution in [0.2, 0.25) is 5.02 Å². The molecule has 0 saturated heterocycles. The number of ether oxygens (including phenoxy) is 1. The zero-order valence-electron chi connectivity index (χ0n) is 11.2. The molecule has 1 heterocycles. The summed E-state index contributed by atoms with van der Waals surface area (Å²) in [5.41, 5.74) is 0.559. The second-order valence-electron chi connectivity index (χ2n) is 5.13. The zero-order valence-corrected chi connectivity index (χ0v) is 12.0. The van der Waals surface area contributed by atoms with Crippen LogP contribution in [-0.2, 0) is 9.53 Å². The van der Waals surface area contributed by atoms with Crippen molar-refractivity contribution in [2.75, 3.05) is 18.6 Å². The van der Waals surface area contributed by atoms with Crippen LogP contribution in [0.15, 0.2) is 18.2 Å². The minimum absolute atomic E-state index is 0.310. The summed E-state index contributed by atoms with van der Waals surface area (Å²) in [6, 6.07) is 5.10. The minimum atomic E-state index is -0.532. The summed E-state index contributed by atoms with van der Waals surface area (Å²) in [5, 5.41) is 0.323. The number of hydrogen-bond donors (Lipinski definition) is 0. The number of halogens is 1. The molecule has 0 bridgehead atoms.